The van der Waals surface area contributed by atoms with E-state index in [0.717, 1.165) is 54.1 Å². The summed E-state index contributed by atoms with van der Waals surface area (Å²) >= 11 is 13.0. The van der Waals surface area contributed by atoms with Crippen molar-refractivity contribution in [2.24, 2.45) is 0 Å². The maximum Gasteiger partial charge on any atom is 0.225 e. The predicted octanol–water partition coefficient (Wildman–Crippen LogP) is 7.44. The van der Waals surface area contributed by atoms with Crippen LogP contribution in [0.5, 0.6) is 0 Å². The van der Waals surface area contributed by atoms with Crippen LogP contribution in [0.1, 0.15) is 0 Å². The molecule has 0 aliphatic carbocycles. The van der Waals surface area contributed by atoms with Crippen molar-refractivity contribution in [3.05, 3.63) is 115 Å². The third kappa shape index (κ3) is 2.63. The highest BCUT2D eigenvalue weighted by molar-refractivity contribution is 6.41. The minimum absolute atomic E-state index is 0.0868. The van der Waals surface area contributed by atoms with Gasteiger partial charge in [-0.25, -0.2) is 9.97 Å². The second-order valence-corrected chi connectivity index (χ2v) is 11.3. The van der Waals surface area contributed by atoms with E-state index in [2.05, 4.69) is 9.97 Å². The van der Waals surface area contributed by atoms with E-state index < -0.39 is 0 Å². The zero-order valence-electron chi connectivity index (χ0n) is 20.7. The molecule has 6 heteroatoms. The highest BCUT2D eigenvalue weighted by Gasteiger charge is 2.31. The number of hydrogen-bond donors (Lipinski definition) is 0. The molecule has 4 nitrogen and oxygen atoms in total. The average Bonchev–Trinajstić information content (AvgIpc) is 2.97. The highest BCUT2D eigenvalue weighted by Crippen LogP contribution is 2.43. The number of pyridine rings is 2. The lowest BCUT2D eigenvalue weighted by Crippen LogP contribution is -2.19. The van der Waals surface area contributed by atoms with Crippen molar-refractivity contribution in [3.8, 4) is 0 Å². The van der Waals surface area contributed by atoms with Gasteiger partial charge in [-0.3, -0.25) is 9.59 Å². The zero-order chi connectivity index (χ0) is 26.9. The molecule has 0 spiro atoms. The number of halogens is 2. The fraction of sp³-hybridized carbons (Fsp3) is 0. The first-order valence-electron chi connectivity index (χ1n) is 12.9. The number of nitrogens with one attached hydrogen (secondary N) is 2. The summed E-state index contributed by atoms with van der Waals surface area (Å²) in [6.45, 7) is 0. The first kappa shape index (κ1) is 22.2. The summed E-state index contributed by atoms with van der Waals surface area (Å²) in [5, 5.41) is 10.2. The van der Waals surface area contributed by atoms with Gasteiger partial charge in [-0.2, -0.15) is 0 Å². The van der Waals surface area contributed by atoms with Crippen LogP contribution in [-0.4, -0.2) is 0 Å². The Morgan fingerprint density at radius 1 is 0.425 bits per heavy atom. The van der Waals surface area contributed by atoms with E-state index in [1.54, 1.807) is 0 Å². The fourth-order valence-electron chi connectivity index (χ4n) is 6.78. The van der Waals surface area contributed by atoms with Crippen molar-refractivity contribution in [3.63, 3.8) is 0 Å². The number of fused-ring (bicyclic) bond motifs is 10. The van der Waals surface area contributed by atoms with Gasteiger partial charge in [0.25, 0.3) is 0 Å². The molecule has 9 aromatic rings. The van der Waals surface area contributed by atoms with Crippen molar-refractivity contribution < 1.29 is 9.97 Å². The maximum atomic E-state index is 14.4. The Balaban J connectivity index is 1.79. The van der Waals surface area contributed by atoms with Gasteiger partial charge in [0.1, 0.15) is 10.8 Å². The average molecular weight is 555 g/mol. The van der Waals surface area contributed by atoms with Crippen LogP contribution in [0, 0.1) is 0 Å². The highest BCUT2D eigenvalue weighted by atomic mass is 35.5. The lowest BCUT2D eigenvalue weighted by Gasteiger charge is -2.13. The number of benzene rings is 7. The molecule has 2 heterocycles. The summed E-state index contributed by atoms with van der Waals surface area (Å²) in [5.74, 6) is 0. The van der Waals surface area contributed by atoms with Gasteiger partial charge >= 0.3 is 0 Å². The molecule has 0 aliphatic rings. The van der Waals surface area contributed by atoms with E-state index in [4.69, 9.17) is 23.2 Å². The van der Waals surface area contributed by atoms with Crippen molar-refractivity contribution >= 4 is 110 Å². The van der Waals surface area contributed by atoms with Gasteiger partial charge in [-0.15, -0.1) is 0 Å². The number of hydrogen-bond acceptors (Lipinski definition) is 2. The van der Waals surface area contributed by atoms with Gasteiger partial charge in [-0.05, 0) is 35.0 Å². The van der Waals surface area contributed by atoms with E-state index >= 15 is 0 Å². The predicted molar refractivity (Wildman–Crippen MR) is 165 cm³/mol. The van der Waals surface area contributed by atoms with E-state index in [-0.39, 0.29) is 10.9 Å². The summed E-state index contributed by atoms with van der Waals surface area (Å²) in [7, 11) is 0. The first-order valence-corrected chi connectivity index (χ1v) is 13.7. The molecule has 0 amide bonds. The largest absolute Gasteiger partial charge is 0.288 e. The Hall–Kier alpha value is -4.64. The van der Waals surface area contributed by atoms with Crippen LogP contribution in [0.15, 0.2) is 94.5 Å². The van der Waals surface area contributed by atoms with Crippen LogP contribution < -0.4 is 20.8 Å². The summed E-state index contributed by atoms with van der Waals surface area (Å²) in [5.41, 5.74) is 2.78. The third-order valence-electron chi connectivity index (χ3n) is 8.36. The third-order valence-corrected chi connectivity index (χ3v) is 8.83. The molecule has 40 heavy (non-hydrogen) atoms. The molecule has 2 N–H and O–H groups in total. The molecule has 0 saturated heterocycles. The van der Waals surface area contributed by atoms with Crippen LogP contribution in [0.3, 0.4) is 0 Å². The van der Waals surface area contributed by atoms with E-state index in [1.807, 2.05) is 84.9 Å². The fourth-order valence-corrected chi connectivity index (χ4v) is 7.13. The van der Waals surface area contributed by atoms with E-state index in [9.17, 15) is 9.59 Å². The number of H-pyrrole nitrogens is 2. The van der Waals surface area contributed by atoms with Gasteiger partial charge in [0.2, 0.25) is 32.9 Å². The van der Waals surface area contributed by atoms with Crippen LogP contribution in [0.25, 0.3) is 86.7 Å². The Bertz CT molecular complexity index is 2530. The topological polar surface area (TPSA) is 62.4 Å². The minimum Gasteiger partial charge on any atom is -0.288 e. The molecule has 0 atom stereocenters. The standard InChI is InChI=1S/C34H14Cl2N2O2/c35-15-9-11-23-21(13-15)25-17-5-1-3-7-19(17)33(39)29-27(25)31(37-23)30-28-26(18-6-2-4-8-20(18)34(30)40)22-14-16(36)10-12-24(22)38-32(28)29/h1-14H/p+2. The minimum atomic E-state index is -0.0868. The first-order chi connectivity index (χ1) is 19.5. The van der Waals surface area contributed by atoms with Crippen molar-refractivity contribution in [2.75, 3.05) is 0 Å². The SMILES string of the molecule is O=c1c2ccccc2c2c3cc(Cl)ccc3[nH+]c3c4c(=O)c5ccccc5c5c6cc(Cl)ccc6[nH+]c(c1c32)c45. The van der Waals surface area contributed by atoms with Gasteiger partial charge < -0.3 is 0 Å². The molecule has 0 saturated carbocycles. The lowest BCUT2D eigenvalue weighted by molar-refractivity contribution is -0.311. The molecule has 0 bridgehead atoms. The monoisotopic (exact) mass is 554 g/mol. The Kier molecular flexibility index (Phi) is 4.17. The molecule has 0 radical (unpaired) electrons. The molecule has 0 aliphatic heterocycles. The van der Waals surface area contributed by atoms with Crippen LogP contribution in [0.4, 0.5) is 0 Å². The number of aromatic amines is 2. The number of rotatable bonds is 0. The molecule has 186 valence electrons. The summed E-state index contributed by atoms with van der Waals surface area (Å²) < 4.78 is 0. The molecule has 2 aromatic heterocycles. The molecule has 0 fully saturated rings. The van der Waals surface area contributed by atoms with Gasteiger partial charge in [0, 0.05) is 43.7 Å². The van der Waals surface area contributed by atoms with Gasteiger partial charge in [-0.1, -0.05) is 71.7 Å². The van der Waals surface area contributed by atoms with Crippen LogP contribution in [0.2, 0.25) is 10.0 Å². The molecule has 0 unspecified atom stereocenters. The van der Waals surface area contributed by atoms with Crippen molar-refractivity contribution in [1.82, 2.24) is 0 Å². The van der Waals surface area contributed by atoms with Crippen molar-refractivity contribution in [2.45, 2.75) is 0 Å². The van der Waals surface area contributed by atoms with Crippen LogP contribution in [-0.2, 0) is 0 Å². The Morgan fingerprint density at radius 3 is 1.25 bits per heavy atom. The van der Waals surface area contributed by atoms with Gasteiger partial charge in [0.15, 0.2) is 0 Å². The summed E-state index contributed by atoms with van der Waals surface area (Å²) in [4.78, 5) is 35.9. The van der Waals surface area contributed by atoms with Crippen LogP contribution >= 0.6 is 23.2 Å². The molecular weight excluding hydrogens is 539 g/mol. The lowest BCUT2D eigenvalue weighted by atomic mass is 9.87. The quantitative estimate of drug-likeness (QED) is 0.144. The normalized spacial score (nSPS) is 12.4. The van der Waals surface area contributed by atoms with E-state index in [0.29, 0.717) is 42.6 Å². The summed E-state index contributed by atoms with van der Waals surface area (Å²) in [6.07, 6.45) is 0. The second-order valence-electron chi connectivity index (χ2n) is 10.4. The van der Waals surface area contributed by atoms with Gasteiger partial charge in [0.05, 0.1) is 21.5 Å². The molecule has 9 rings (SSSR count). The molecular formula is C34H16Cl2N2O2+2. The number of aromatic nitrogens is 2. The maximum absolute atomic E-state index is 14.4. The zero-order valence-corrected chi connectivity index (χ0v) is 22.2. The Labute approximate surface area is 234 Å². The molecule has 7 aromatic carbocycles. The van der Waals surface area contributed by atoms with Crippen molar-refractivity contribution in [1.29, 1.82) is 0 Å². The van der Waals surface area contributed by atoms with E-state index in [1.165, 1.54) is 0 Å². The smallest absolute Gasteiger partial charge is 0.225 e. The second kappa shape index (κ2) is 7.51. The Morgan fingerprint density at radius 2 is 0.825 bits per heavy atom. The summed E-state index contributed by atoms with van der Waals surface area (Å²) in [6, 6.07) is 26.7.